The summed E-state index contributed by atoms with van der Waals surface area (Å²) in [7, 11) is 0. The third-order valence-corrected chi connectivity index (χ3v) is 2.03. The molecule has 0 aromatic heterocycles. The molecule has 1 N–H and O–H groups in total. The summed E-state index contributed by atoms with van der Waals surface area (Å²) < 4.78 is 24.8. The van der Waals surface area contributed by atoms with Crippen molar-refractivity contribution in [1.29, 1.82) is 5.26 Å². The Labute approximate surface area is 87.5 Å². The van der Waals surface area contributed by atoms with Crippen molar-refractivity contribution in [2.45, 2.75) is 19.4 Å². The van der Waals surface area contributed by atoms with Gasteiger partial charge in [-0.25, -0.2) is 8.78 Å². The zero-order valence-electron chi connectivity index (χ0n) is 8.37. The largest absolute Gasteiger partial charge is 0.298 e. The van der Waals surface area contributed by atoms with Crippen LogP contribution in [-0.4, -0.2) is 6.54 Å². The van der Waals surface area contributed by atoms with Crippen molar-refractivity contribution in [3.8, 4) is 6.07 Å². The van der Waals surface area contributed by atoms with Gasteiger partial charge in [-0.05, 0) is 18.2 Å². The number of rotatable bonds is 4. The van der Waals surface area contributed by atoms with Gasteiger partial charge in [-0.2, -0.15) is 5.26 Å². The molecule has 1 aromatic carbocycles. The third-order valence-electron chi connectivity index (χ3n) is 2.03. The Morgan fingerprint density at radius 1 is 1.40 bits per heavy atom. The van der Waals surface area contributed by atoms with Gasteiger partial charge in [-0.15, -0.1) is 0 Å². The van der Waals surface area contributed by atoms with Crippen molar-refractivity contribution in [3.05, 3.63) is 35.4 Å². The molecule has 0 saturated carbocycles. The molecule has 0 fully saturated rings. The zero-order valence-corrected chi connectivity index (χ0v) is 8.37. The summed E-state index contributed by atoms with van der Waals surface area (Å²) in [6.45, 7) is 2.48. The Bertz CT molecular complexity index is 358. The molecule has 1 aromatic rings. The number of benzene rings is 1. The van der Waals surface area contributed by atoms with Gasteiger partial charge in [0.15, 0.2) is 0 Å². The molecule has 0 bridgehead atoms. The molecule has 0 amide bonds. The van der Waals surface area contributed by atoms with E-state index in [9.17, 15) is 8.78 Å². The summed E-state index contributed by atoms with van der Waals surface area (Å²) in [6.07, 6.45) is -2.49. The van der Waals surface area contributed by atoms with Crippen molar-refractivity contribution in [2.24, 2.45) is 0 Å². The summed E-state index contributed by atoms with van der Waals surface area (Å²) in [5.74, 6) is 0. The van der Waals surface area contributed by atoms with Gasteiger partial charge in [0.05, 0.1) is 6.07 Å². The zero-order chi connectivity index (χ0) is 11.3. The van der Waals surface area contributed by atoms with Gasteiger partial charge in [0, 0.05) is 5.56 Å². The fourth-order valence-electron chi connectivity index (χ4n) is 1.32. The van der Waals surface area contributed by atoms with E-state index in [1.165, 1.54) is 12.1 Å². The predicted molar refractivity (Wildman–Crippen MR) is 53.4 cm³/mol. The summed E-state index contributed by atoms with van der Waals surface area (Å²) in [6, 6.07) is 7.44. The third kappa shape index (κ3) is 3.00. The second-order valence-electron chi connectivity index (χ2n) is 3.09. The van der Waals surface area contributed by atoms with Crippen molar-refractivity contribution in [1.82, 2.24) is 5.32 Å². The summed E-state index contributed by atoms with van der Waals surface area (Å²) in [5, 5.41) is 11.7. The molecule has 15 heavy (non-hydrogen) atoms. The number of nitrogens with one attached hydrogen (secondary N) is 1. The molecule has 2 nitrogen and oxygen atoms in total. The number of halogens is 2. The second-order valence-corrected chi connectivity index (χ2v) is 3.09. The monoisotopic (exact) mass is 210 g/mol. The van der Waals surface area contributed by atoms with Crippen LogP contribution in [0.3, 0.4) is 0 Å². The first-order valence-corrected chi connectivity index (χ1v) is 4.70. The predicted octanol–water partition coefficient (Wildman–Crippen LogP) is 2.80. The lowest BCUT2D eigenvalue weighted by molar-refractivity contribution is 0.151. The Kier molecular flexibility index (Phi) is 4.19. The van der Waals surface area contributed by atoms with Crippen molar-refractivity contribution in [2.75, 3.05) is 6.54 Å². The molecule has 1 atom stereocenters. The highest BCUT2D eigenvalue weighted by Crippen LogP contribution is 2.22. The van der Waals surface area contributed by atoms with Gasteiger partial charge in [0.2, 0.25) is 0 Å². The number of alkyl halides is 2. The average molecular weight is 210 g/mol. The second kappa shape index (κ2) is 5.42. The molecular weight excluding hydrogens is 198 g/mol. The van der Waals surface area contributed by atoms with Crippen LogP contribution in [0.4, 0.5) is 8.78 Å². The van der Waals surface area contributed by atoms with Crippen LogP contribution in [0.25, 0.3) is 0 Å². The van der Waals surface area contributed by atoms with Crippen LogP contribution in [0.1, 0.15) is 30.5 Å². The van der Waals surface area contributed by atoms with Crippen molar-refractivity contribution in [3.63, 3.8) is 0 Å². The quantitative estimate of drug-likeness (QED) is 0.829. The molecule has 0 radical (unpaired) electrons. The van der Waals surface area contributed by atoms with E-state index < -0.39 is 12.5 Å². The maximum atomic E-state index is 12.4. The Hall–Kier alpha value is -1.47. The van der Waals surface area contributed by atoms with E-state index >= 15 is 0 Å². The van der Waals surface area contributed by atoms with Gasteiger partial charge in [-0.1, -0.05) is 25.1 Å². The van der Waals surface area contributed by atoms with E-state index in [1.807, 2.05) is 13.0 Å². The van der Waals surface area contributed by atoms with Gasteiger partial charge in [0.25, 0.3) is 6.43 Å². The lowest BCUT2D eigenvalue weighted by Gasteiger charge is -2.11. The Morgan fingerprint density at radius 3 is 2.60 bits per heavy atom. The van der Waals surface area contributed by atoms with E-state index in [-0.39, 0.29) is 5.56 Å². The van der Waals surface area contributed by atoms with Gasteiger partial charge >= 0.3 is 0 Å². The van der Waals surface area contributed by atoms with Crippen LogP contribution in [0, 0.1) is 11.3 Å². The minimum atomic E-state index is -2.49. The summed E-state index contributed by atoms with van der Waals surface area (Å²) in [5.41, 5.74) is 0.530. The van der Waals surface area contributed by atoms with Gasteiger partial charge < -0.3 is 0 Å². The maximum absolute atomic E-state index is 12.4. The average Bonchev–Trinajstić information content (AvgIpc) is 2.26. The smallest absolute Gasteiger partial charge is 0.263 e. The highest BCUT2D eigenvalue weighted by molar-refractivity contribution is 5.29. The van der Waals surface area contributed by atoms with Crippen LogP contribution in [0.15, 0.2) is 24.3 Å². The maximum Gasteiger partial charge on any atom is 0.263 e. The first-order valence-electron chi connectivity index (χ1n) is 4.70. The molecule has 0 aliphatic carbocycles. The van der Waals surface area contributed by atoms with Crippen LogP contribution in [0.2, 0.25) is 0 Å². The van der Waals surface area contributed by atoms with E-state index in [0.29, 0.717) is 12.1 Å². The number of hydrogen-bond donors (Lipinski definition) is 1. The number of nitrogens with zero attached hydrogens (tertiary/aromatic N) is 1. The van der Waals surface area contributed by atoms with Crippen molar-refractivity contribution < 1.29 is 8.78 Å². The molecule has 0 heterocycles. The highest BCUT2D eigenvalue weighted by Gasteiger charge is 2.12. The van der Waals surface area contributed by atoms with E-state index in [0.717, 1.165) is 0 Å². The fraction of sp³-hybridized carbons (Fsp3) is 0.364. The Balaban J connectivity index is 2.93. The minimum absolute atomic E-state index is 0.0503. The fourth-order valence-corrected chi connectivity index (χ4v) is 1.32. The van der Waals surface area contributed by atoms with E-state index in [4.69, 9.17) is 5.26 Å². The van der Waals surface area contributed by atoms with Gasteiger partial charge in [-0.3, -0.25) is 5.32 Å². The number of hydrogen-bond acceptors (Lipinski definition) is 2. The normalized spacial score (nSPS) is 12.5. The van der Waals surface area contributed by atoms with Gasteiger partial charge in [0.1, 0.15) is 6.04 Å². The SMILES string of the molecule is CCNC(C#N)c1cccc(C(F)F)c1. The first-order chi connectivity index (χ1) is 7.19. The highest BCUT2D eigenvalue weighted by atomic mass is 19.3. The first kappa shape index (κ1) is 11.6. The number of nitriles is 1. The molecule has 1 rings (SSSR count). The molecule has 80 valence electrons. The van der Waals surface area contributed by atoms with E-state index in [2.05, 4.69) is 5.32 Å². The molecule has 0 aliphatic heterocycles. The van der Waals surface area contributed by atoms with E-state index in [1.54, 1.807) is 12.1 Å². The van der Waals surface area contributed by atoms with Crippen LogP contribution >= 0.6 is 0 Å². The van der Waals surface area contributed by atoms with Crippen LogP contribution < -0.4 is 5.32 Å². The lowest BCUT2D eigenvalue weighted by Crippen LogP contribution is -2.19. The molecule has 1 unspecified atom stereocenters. The molecule has 0 spiro atoms. The summed E-state index contributed by atoms with van der Waals surface area (Å²) >= 11 is 0. The topological polar surface area (TPSA) is 35.8 Å². The summed E-state index contributed by atoms with van der Waals surface area (Å²) in [4.78, 5) is 0. The molecular formula is C11H12F2N2. The van der Waals surface area contributed by atoms with Crippen LogP contribution in [0.5, 0.6) is 0 Å². The minimum Gasteiger partial charge on any atom is -0.298 e. The van der Waals surface area contributed by atoms with Crippen LogP contribution in [-0.2, 0) is 0 Å². The standard InChI is InChI=1S/C11H12F2N2/c1-2-15-10(7-14)8-4-3-5-9(6-8)11(12)13/h3-6,10-11,15H,2H2,1H3. The lowest BCUT2D eigenvalue weighted by atomic mass is 10.1. The Morgan fingerprint density at radius 2 is 2.07 bits per heavy atom. The van der Waals surface area contributed by atoms with Crippen molar-refractivity contribution >= 4 is 0 Å². The molecule has 0 saturated heterocycles. The molecule has 4 heteroatoms. The molecule has 0 aliphatic rings.